The zero-order valence-corrected chi connectivity index (χ0v) is 13.9. The molecular weight excluding hydrogens is 274 g/mol. The maximum absolute atomic E-state index is 12.1. The molecule has 1 fully saturated rings. The highest BCUT2D eigenvalue weighted by atomic mass is 16.6. The predicted octanol–water partition coefficient (Wildman–Crippen LogP) is 4.74. The molecule has 3 nitrogen and oxygen atoms in total. The maximum Gasteiger partial charge on any atom is 0.410 e. The van der Waals surface area contributed by atoms with Crippen LogP contribution in [-0.2, 0) is 4.74 Å². The molecule has 2 rings (SSSR count). The van der Waals surface area contributed by atoms with Gasteiger partial charge in [0.1, 0.15) is 5.60 Å². The molecule has 0 radical (unpaired) electrons. The number of hydrogen-bond acceptors (Lipinski definition) is 2. The molecule has 1 heterocycles. The van der Waals surface area contributed by atoms with Crippen LogP contribution in [0.5, 0.6) is 0 Å². The summed E-state index contributed by atoms with van der Waals surface area (Å²) in [5.41, 5.74) is 0.805. The summed E-state index contributed by atoms with van der Waals surface area (Å²) in [6.45, 7) is 7.35. The van der Waals surface area contributed by atoms with Gasteiger partial charge in [0.05, 0.1) is 0 Å². The first-order valence-corrected chi connectivity index (χ1v) is 8.13. The Bertz CT molecular complexity index is 502. The van der Waals surface area contributed by atoms with Crippen LogP contribution < -0.4 is 0 Å². The largest absolute Gasteiger partial charge is 0.444 e. The predicted molar refractivity (Wildman–Crippen MR) is 90.6 cm³/mol. The van der Waals surface area contributed by atoms with E-state index in [0.717, 1.165) is 25.9 Å². The number of nitrogens with zero attached hydrogens (tertiary/aromatic N) is 1. The Kier molecular flexibility index (Phi) is 5.64. The molecule has 1 saturated heterocycles. The molecule has 120 valence electrons. The molecule has 0 saturated carbocycles. The van der Waals surface area contributed by atoms with Gasteiger partial charge in [-0.15, -0.1) is 0 Å². The third kappa shape index (κ3) is 5.55. The lowest BCUT2D eigenvalue weighted by atomic mass is 9.94. The zero-order valence-electron chi connectivity index (χ0n) is 13.9. The quantitative estimate of drug-likeness (QED) is 0.807. The van der Waals surface area contributed by atoms with Crippen molar-refractivity contribution in [3.05, 3.63) is 42.0 Å². The highest BCUT2D eigenvalue weighted by Crippen LogP contribution is 2.22. The van der Waals surface area contributed by atoms with Gasteiger partial charge in [0.2, 0.25) is 0 Å². The van der Waals surface area contributed by atoms with E-state index in [1.807, 2.05) is 43.9 Å². The van der Waals surface area contributed by atoms with Crippen LogP contribution in [0.4, 0.5) is 4.79 Å². The summed E-state index contributed by atoms with van der Waals surface area (Å²) in [5, 5.41) is 0. The first-order chi connectivity index (χ1) is 10.4. The van der Waals surface area contributed by atoms with Crippen LogP contribution in [0, 0.1) is 5.92 Å². The van der Waals surface area contributed by atoms with Crippen LogP contribution in [0.1, 0.15) is 45.6 Å². The van der Waals surface area contributed by atoms with Gasteiger partial charge in [0.25, 0.3) is 0 Å². The van der Waals surface area contributed by atoms with Crippen LogP contribution in [0.2, 0.25) is 0 Å². The van der Waals surface area contributed by atoms with Gasteiger partial charge in [-0.3, -0.25) is 0 Å². The molecule has 1 aliphatic heterocycles. The molecule has 1 atom stereocenters. The van der Waals surface area contributed by atoms with Crippen molar-refractivity contribution >= 4 is 12.2 Å². The van der Waals surface area contributed by atoms with Crippen LogP contribution in [-0.4, -0.2) is 29.7 Å². The smallest absolute Gasteiger partial charge is 0.410 e. The number of benzene rings is 1. The van der Waals surface area contributed by atoms with E-state index in [1.165, 1.54) is 12.0 Å². The molecule has 0 aliphatic carbocycles. The Morgan fingerprint density at radius 2 is 2.05 bits per heavy atom. The molecule has 22 heavy (non-hydrogen) atoms. The Morgan fingerprint density at radius 1 is 1.32 bits per heavy atom. The SMILES string of the molecule is CC(C)(C)OC(=O)N1CCCC(C/C=C/c2ccccc2)C1. The van der Waals surface area contributed by atoms with Gasteiger partial charge < -0.3 is 9.64 Å². The van der Waals surface area contributed by atoms with E-state index >= 15 is 0 Å². The summed E-state index contributed by atoms with van der Waals surface area (Å²) in [4.78, 5) is 14.0. The number of ether oxygens (including phenoxy) is 1. The lowest BCUT2D eigenvalue weighted by molar-refractivity contribution is 0.0167. The minimum absolute atomic E-state index is 0.177. The molecule has 0 bridgehead atoms. The average Bonchev–Trinajstić information content (AvgIpc) is 2.47. The fourth-order valence-electron chi connectivity index (χ4n) is 2.71. The van der Waals surface area contributed by atoms with Gasteiger partial charge in [0, 0.05) is 13.1 Å². The second-order valence-electron chi connectivity index (χ2n) is 6.98. The highest BCUT2D eigenvalue weighted by Gasteiger charge is 2.26. The van der Waals surface area contributed by atoms with Crippen LogP contribution >= 0.6 is 0 Å². The summed E-state index contributed by atoms with van der Waals surface area (Å²) < 4.78 is 5.47. The number of likely N-dealkylation sites (tertiary alicyclic amines) is 1. The van der Waals surface area contributed by atoms with E-state index in [0.29, 0.717) is 5.92 Å². The number of hydrogen-bond donors (Lipinski definition) is 0. The van der Waals surface area contributed by atoms with Crippen molar-refractivity contribution in [2.75, 3.05) is 13.1 Å². The lowest BCUT2D eigenvalue weighted by Crippen LogP contribution is -2.42. The van der Waals surface area contributed by atoms with Crippen molar-refractivity contribution < 1.29 is 9.53 Å². The first kappa shape index (κ1) is 16.6. The second-order valence-corrected chi connectivity index (χ2v) is 6.98. The third-order valence-electron chi connectivity index (χ3n) is 3.75. The molecule has 1 aromatic rings. The molecule has 1 unspecified atom stereocenters. The summed E-state index contributed by atoms with van der Waals surface area (Å²) in [7, 11) is 0. The van der Waals surface area contributed by atoms with Crippen molar-refractivity contribution in [1.29, 1.82) is 0 Å². The third-order valence-corrected chi connectivity index (χ3v) is 3.75. The molecule has 0 aromatic heterocycles. The van der Waals surface area contributed by atoms with Crippen molar-refractivity contribution in [1.82, 2.24) is 4.90 Å². The summed E-state index contributed by atoms with van der Waals surface area (Å²) in [6.07, 6.45) is 7.45. The fraction of sp³-hybridized carbons (Fsp3) is 0.526. The number of amides is 1. The summed E-state index contributed by atoms with van der Waals surface area (Å²) in [6, 6.07) is 10.3. The van der Waals surface area contributed by atoms with Gasteiger partial charge in [-0.2, -0.15) is 0 Å². The summed E-state index contributed by atoms with van der Waals surface area (Å²) >= 11 is 0. The highest BCUT2D eigenvalue weighted by molar-refractivity contribution is 5.68. The molecule has 0 N–H and O–H groups in total. The van der Waals surface area contributed by atoms with Crippen LogP contribution in [0.15, 0.2) is 36.4 Å². The molecule has 0 spiro atoms. The monoisotopic (exact) mass is 301 g/mol. The molecule has 1 aliphatic rings. The zero-order chi connectivity index (χ0) is 16.0. The Labute approximate surface area is 134 Å². The minimum Gasteiger partial charge on any atom is -0.444 e. The van der Waals surface area contributed by atoms with E-state index in [9.17, 15) is 4.79 Å². The van der Waals surface area contributed by atoms with E-state index in [4.69, 9.17) is 4.74 Å². The van der Waals surface area contributed by atoms with Crippen LogP contribution in [0.25, 0.3) is 6.08 Å². The van der Waals surface area contributed by atoms with E-state index < -0.39 is 5.60 Å². The lowest BCUT2D eigenvalue weighted by Gasteiger charge is -2.33. The molecule has 1 aromatic carbocycles. The van der Waals surface area contributed by atoms with Gasteiger partial charge in [0.15, 0.2) is 0 Å². The van der Waals surface area contributed by atoms with E-state index in [2.05, 4.69) is 24.3 Å². The molecular formula is C19H27NO2. The number of carbonyl (C=O) groups is 1. The Morgan fingerprint density at radius 3 is 2.73 bits per heavy atom. The van der Waals surface area contributed by atoms with E-state index in [1.54, 1.807) is 0 Å². The topological polar surface area (TPSA) is 29.5 Å². The molecule has 1 amide bonds. The van der Waals surface area contributed by atoms with Crippen molar-refractivity contribution in [3.63, 3.8) is 0 Å². The normalized spacial score (nSPS) is 19.4. The number of piperidine rings is 1. The van der Waals surface area contributed by atoms with Crippen molar-refractivity contribution in [3.8, 4) is 0 Å². The van der Waals surface area contributed by atoms with Gasteiger partial charge in [-0.1, -0.05) is 42.5 Å². The minimum atomic E-state index is -0.419. The van der Waals surface area contributed by atoms with Crippen molar-refractivity contribution in [2.45, 2.75) is 45.6 Å². The maximum atomic E-state index is 12.1. The Balaban J connectivity index is 1.83. The first-order valence-electron chi connectivity index (χ1n) is 8.13. The Hall–Kier alpha value is -1.77. The van der Waals surface area contributed by atoms with Gasteiger partial charge in [-0.25, -0.2) is 4.79 Å². The molecule has 3 heteroatoms. The number of rotatable bonds is 3. The number of allylic oxidation sites excluding steroid dienone is 1. The van der Waals surface area contributed by atoms with Crippen LogP contribution in [0.3, 0.4) is 0 Å². The second kappa shape index (κ2) is 7.48. The fourth-order valence-corrected chi connectivity index (χ4v) is 2.71. The standard InChI is InChI=1S/C19H27NO2/c1-19(2,3)22-18(21)20-14-8-13-17(15-20)12-7-11-16-9-5-4-6-10-16/h4-7,9-11,17H,8,12-15H2,1-3H3/b11-7+. The van der Waals surface area contributed by atoms with E-state index in [-0.39, 0.29) is 6.09 Å². The van der Waals surface area contributed by atoms with Crippen molar-refractivity contribution in [2.24, 2.45) is 5.92 Å². The average molecular weight is 301 g/mol. The number of carbonyl (C=O) groups excluding carboxylic acids is 1. The van der Waals surface area contributed by atoms with Gasteiger partial charge >= 0.3 is 6.09 Å². The summed E-state index contributed by atoms with van der Waals surface area (Å²) in [5.74, 6) is 0.529. The van der Waals surface area contributed by atoms with Gasteiger partial charge in [-0.05, 0) is 51.5 Å².